The second kappa shape index (κ2) is 9.65. The Morgan fingerprint density at radius 2 is 1.61 bits per heavy atom. The van der Waals surface area contributed by atoms with Gasteiger partial charge in [0.05, 0.1) is 22.7 Å². The molecule has 0 spiro atoms. The van der Waals surface area contributed by atoms with E-state index in [-0.39, 0.29) is 5.91 Å². The van der Waals surface area contributed by atoms with Crippen molar-refractivity contribution in [2.75, 3.05) is 37.1 Å². The summed E-state index contributed by atoms with van der Waals surface area (Å²) in [4.78, 5) is 17.8. The van der Waals surface area contributed by atoms with E-state index in [1.807, 2.05) is 51.4 Å². The fraction of sp³-hybridized carbons (Fsp3) is 0.308. The van der Waals surface area contributed by atoms with Crippen molar-refractivity contribution in [2.45, 2.75) is 27.7 Å². The zero-order valence-electron chi connectivity index (χ0n) is 19.4. The number of likely N-dealkylation sites (N-methyl/N-ethyl adjacent to an activating group) is 1. The zero-order chi connectivity index (χ0) is 22.5. The second-order valence-corrected chi connectivity index (χ2v) is 7.85. The standard InChI is InChI=1S/C26H32N4O/c1-7-29(8-2)25(19(3)18-21-14-16-22(17-15-21)28(5)6)24-20(4)27-30(26(24)31)23-12-10-9-11-13-23/h9-18H,7-8H2,1-6H3/b19-18+,25-24+. The van der Waals surface area contributed by atoms with E-state index in [0.717, 1.165) is 47.0 Å². The monoisotopic (exact) mass is 416 g/mol. The van der Waals surface area contributed by atoms with Crippen LogP contribution in [0, 0.1) is 0 Å². The summed E-state index contributed by atoms with van der Waals surface area (Å²) in [7, 11) is 4.07. The Morgan fingerprint density at radius 3 is 2.16 bits per heavy atom. The smallest absolute Gasteiger partial charge is 0.282 e. The fourth-order valence-corrected chi connectivity index (χ4v) is 3.85. The van der Waals surface area contributed by atoms with Gasteiger partial charge in [0, 0.05) is 32.9 Å². The van der Waals surface area contributed by atoms with Crippen LogP contribution in [0.5, 0.6) is 0 Å². The Hall–Kier alpha value is -3.34. The molecule has 1 heterocycles. The molecule has 0 radical (unpaired) electrons. The molecule has 2 aromatic carbocycles. The number of para-hydroxylation sites is 1. The van der Waals surface area contributed by atoms with Crippen molar-refractivity contribution in [1.82, 2.24) is 4.90 Å². The van der Waals surface area contributed by atoms with E-state index >= 15 is 0 Å². The number of benzene rings is 2. The molecule has 0 saturated carbocycles. The summed E-state index contributed by atoms with van der Waals surface area (Å²) in [5, 5.41) is 6.10. The van der Waals surface area contributed by atoms with Crippen LogP contribution in [0.2, 0.25) is 0 Å². The van der Waals surface area contributed by atoms with Crippen LogP contribution >= 0.6 is 0 Å². The van der Waals surface area contributed by atoms with Gasteiger partial charge in [-0.2, -0.15) is 10.1 Å². The quantitative estimate of drug-likeness (QED) is 0.584. The molecule has 0 bridgehead atoms. The molecule has 0 unspecified atom stereocenters. The van der Waals surface area contributed by atoms with E-state index in [1.165, 1.54) is 5.01 Å². The molecule has 0 saturated heterocycles. The second-order valence-electron chi connectivity index (χ2n) is 7.85. The lowest BCUT2D eigenvalue weighted by molar-refractivity contribution is -0.114. The normalized spacial score (nSPS) is 15.8. The lowest BCUT2D eigenvalue weighted by atomic mass is 10.00. The molecule has 0 N–H and O–H groups in total. The number of carbonyl (C=O) groups is 1. The van der Waals surface area contributed by atoms with Gasteiger partial charge in [-0.25, -0.2) is 0 Å². The van der Waals surface area contributed by atoms with Crippen LogP contribution in [0.15, 0.2) is 76.5 Å². The van der Waals surface area contributed by atoms with Crippen LogP contribution in [0.25, 0.3) is 6.08 Å². The van der Waals surface area contributed by atoms with Crippen molar-refractivity contribution >= 4 is 29.1 Å². The molecule has 0 atom stereocenters. The van der Waals surface area contributed by atoms with Gasteiger partial charge in [0.1, 0.15) is 0 Å². The van der Waals surface area contributed by atoms with Crippen molar-refractivity contribution in [3.05, 3.63) is 77.0 Å². The molecule has 5 heteroatoms. The molecule has 0 fully saturated rings. The van der Waals surface area contributed by atoms with Gasteiger partial charge in [-0.3, -0.25) is 4.79 Å². The Kier molecular flexibility index (Phi) is 6.95. The van der Waals surface area contributed by atoms with Crippen molar-refractivity contribution in [3.8, 4) is 0 Å². The molecule has 0 aromatic heterocycles. The molecule has 1 aliphatic heterocycles. The van der Waals surface area contributed by atoms with Gasteiger partial charge in [0.2, 0.25) is 0 Å². The van der Waals surface area contributed by atoms with Crippen LogP contribution in [-0.2, 0) is 4.79 Å². The van der Waals surface area contributed by atoms with Crippen molar-refractivity contribution in [3.63, 3.8) is 0 Å². The minimum absolute atomic E-state index is 0.0821. The van der Waals surface area contributed by atoms with Gasteiger partial charge < -0.3 is 9.80 Å². The van der Waals surface area contributed by atoms with Gasteiger partial charge in [-0.05, 0) is 69.2 Å². The molecule has 1 amide bonds. The maximum atomic E-state index is 13.5. The summed E-state index contributed by atoms with van der Waals surface area (Å²) >= 11 is 0. The summed E-state index contributed by atoms with van der Waals surface area (Å²) in [5.74, 6) is -0.0821. The molecule has 1 aliphatic rings. The van der Waals surface area contributed by atoms with Gasteiger partial charge >= 0.3 is 0 Å². The van der Waals surface area contributed by atoms with Gasteiger partial charge in [0.25, 0.3) is 5.91 Å². The maximum Gasteiger partial charge on any atom is 0.282 e. The molecule has 162 valence electrons. The first-order valence-electron chi connectivity index (χ1n) is 10.8. The Morgan fingerprint density at radius 1 is 1.00 bits per heavy atom. The van der Waals surface area contributed by atoms with Gasteiger partial charge in [-0.1, -0.05) is 30.3 Å². The van der Waals surface area contributed by atoms with Crippen LogP contribution < -0.4 is 9.91 Å². The summed E-state index contributed by atoms with van der Waals surface area (Å²) in [6.45, 7) is 9.84. The number of amides is 1. The van der Waals surface area contributed by atoms with E-state index in [2.05, 4.69) is 66.0 Å². The number of hydrogen-bond acceptors (Lipinski definition) is 4. The third-order valence-electron chi connectivity index (χ3n) is 5.50. The summed E-state index contributed by atoms with van der Waals surface area (Å²) in [5.41, 5.74) is 6.46. The predicted octanol–water partition coefficient (Wildman–Crippen LogP) is 5.17. The summed E-state index contributed by atoms with van der Waals surface area (Å²) < 4.78 is 0. The largest absolute Gasteiger partial charge is 0.378 e. The number of carbonyl (C=O) groups excluding carboxylic acids is 1. The number of hydrazone groups is 1. The van der Waals surface area contributed by atoms with E-state index in [0.29, 0.717) is 5.57 Å². The molecular weight excluding hydrogens is 384 g/mol. The Balaban J connectivity index is 2.07. The highest BCUT2D eigenvalue weighted by atomic mass is 16.2. The predicted molar refractivity (Wildman–Crippen MR) is 131 cm³/mol. The average molecular weight is 417 g/mol. The average Bonchev–Trinajstić information content (AvgIpc) is 3.06. The van der Waals surface area contributed by atoms with Crippen LogP contribution in [0.4, 0.5) is 11.4 Å². The highest BCUT2D eigenvalue weighted by Gasteiger charge is 2.33. The first-order chi connectivity index (χ1) is 14.9. The minimum atomic E-state index is -0.0821. The fourth-order valence-electron chi connectivity index (χ4n) is 3.85. The number of nitrogens with zero attached hydrogens (tertiary/aromatic N) is 4. The Labute approximate surface area is 186 Å². The van der Waals surface area contributed by atoms with Crippen LogP contribution in [0.3, 0.4) is 0 Å². The molecule has 5 nitrogen and oxygen atoms in total. The SMILES string of the molecule is CCN(CC)C(/C(C)=C/c1ccc(N(C)C)cc1)=C1/C(=O)N(c2ccccc2)N=C1C. The number of hydrogen-bond donors (Lipinski definition) is 0. The van der Waals surface area contributed by atoms with Crippen LogP contribution in [0.1, 0.15) is 33.3 Å². The first-order valence-corrected chi connectivity index (χ1v) is 10.8. The lowest BCUT2D eigenvalue weighted by Gasteiger charge is -2.27. The number of rotatable bonds is 7. The van der Waals surface area contributed by atoms with E-state index in [1.54, 1.807) is 0 Å². The molecule has 31 heavy (non-hydrogen) atoms. The third kappa shape index (κ3) is 4.71. The van der Waals surface area contributed by atoms with Gasteiger partial charge in [-0.15, -0.1) is 0 Å². The molecule has 2 aromatic rings. The lowest BCUT2D eigenvalue weighted by Crippen LogP contribution is -2.29. The van der Waals surface area contributed by atoms with Gasteiger partial charge in [0.15, 0.2) is 0 Å². The molecule has 3 rings (SSSR count). The number of anilines is 2. The van der Waals surface area contributed by atoms with E-state index in [4.69, 9.17) is 0 Å². The summed E-state index contributed by atoms with van der Waals surface area (Å²) in [6, 6.07) is 18.0. The number of allylic oxidation sites excluding steroid dienone is 1. The highest BCUT2D eigenvalue weighted by Crippen LogP contribution is 2.30. The minimum Gasteiger partial charge on any atom is -0.378 e. The van der Waals surface area contributed by atoms with Crippen molar-refractivity contribution in [2.24, 2.45) is 5.10 Å². The molecule has 0 aliphatic carbocycles. The van der Waals surface area contributed by atoms with Crippen LogP contribution in [-0.4, -0.2) is 43.7 Å². The third-order valence-corrected chi connectivity index (χ3v) is 5.50. The van der Waals surface area contributed by atoms with Crippen molar-refractivity contribution < 1.29 is 4.79 Å². The maximum absolute atomic E-state index is 13.5. The zero-order valence-corrected chi connectivity index (χ0v) is 19.4. The first kappa shape index (κ1) is 22.3. The van der Waals surface area contributed by atoms with E-state index < -0.39 is 0 Å². The van der Waals surface area contributed by atoms with Crippen molar-refractivity contribution in [1.29, 1.82) is 0 Å². The molecular formula is C26H32N4O. The summed E-state index contributed by atoms with van der Waals surface area (Å²) in [6.07, 6.45) is 2.14. The van der Waals surface area contributed by atoms with E-state index in [9.17, 15) is 4.79 Å². The topological polar surface area (TPSA) is 39.1 Å². The highest BCUT2D eigenvalue weighted by molar-refractivity contribution is 6.30. The Bertz CT molecular complexity index is 1010.